The monoisotopic (exact) mass is 384 g/mol. The molecule has 8 nitrogen and oxygen atoms in total. The Morgan fingerprint density at radius 1 is 1.25 bits per heavy atom. The van der Waals surface area contributed by atoms with Gasteiger partial charge in [-0.25, -0.2) is 0 Å². The number of anilines is 1. The van der Waals surface area contributed by atoms with Crippen LogP contribution in [0.3, 0.4) is 0 Å². The van der Waals surface area contributed by atoms with Crippen LogP contribution in [0.1, 0.15) is 12.5 Å². The van der Waals surface area contributed by atoms with Crippen molar-refractivity contribution in [2.45, 2.75) is 19.4 Å². The molecule has 0 spiro atoms. The van der Waals surface area contributed by atoms with Crippen molar-refractivity contribution in [1.82, 2.24) is 10.3 Å². The number of hydrogen-bond donors (Lipinski definition) is 3. The molecule has 0 aliphatic carbocycles. The first kappa shape index (κ1) is 19.0. The van der Waals surface area contributed by atoms with Crippen molar-refractivity contribution >= 4 is 34.1 Å². The molecule has 0 bridgehead atoms. The smallest absolute Gasteiger partial charge is 0.306 e. The van der Waals surface area contributed by atoms with E-state index in [4.69, 9.17) is 0 Å². The average molecular weight is 384 g/mol. The zero-order valence-corrected chi connectivity index (χ0v) is 14.9. The molecule has 0 saturated carbocycles. The first-order valence-corrected chi connectivity index (χ1v) is 8.42. The van der Waals surface area contributed by atoms with Gasteiger partial charge in [-0.05, 0) is 23.8 Å². The molecule has 2 amide bonds. The number of benzene rings is 2. The third-order valence-corrected chi connectivity index (χ3v) is 4.20. The fourth-order valence-electron chi connectivity index (χ4n) is 2.93. The number of nitro benzene ring substituents is 1. The van der Waals surface area contributed by atoms with Gasteiger partial charge in [-0.1, -0.05) is 18.2 Å². The van der Waals surface area contributed by atoms with E-state index in [0.29, 0.717) is 0 Å². The summed E-state index contributed by atoms with van der Waals surface area (Å²) >= 11 is 0. The number of nitrogens with one attached hydrogen (secondary N) is 3. The highest BCUT2D eigenvalue weighted by atomic mass is 19.1. The highest BCUT2D eigenvalue weighted by molar-refractivity contribution is 5.98. The van der Waals surface area contributed by atoms with Crippen LogP contribution >= 0.6 is 0 Å². The molecule has 0 aliphatic rings. The van der Waals surface area contributed by atoms with Gasteiger partial charge in [-0.15, -0.1) is 0 Å². The molecule has 3 rings (SSSR count). The maximum atomic E-state index is 13.5. The van der Waals surface area contributed by atoms with Gasteiger partial charge in [0.1, 0.15) is 6.04 Å². The SMILES string of the molecule is CC(=O)N[C@@H](Cc1c[nH]c2ccccc12)C(=O)Nc1ccc(F)c([N+](=O)[O-])c1. The number of nitro groups is 1. The first-order valence-electron chi connectivity index (χ1n) is 8.42. The van der Waals surface area contributed by atoms with Gasteiger partial charge in [-0.3, -0.25) is 19.7 Å². The van der Waals surface area contributed by atoms with Crippen LogP contribution in [0.4, 0.5) is 15.8 Å². The second-order valence-electron chi connectivity index (χ2n) is 6.23. The van der Waals surface area contributed by atoms with Crippen LogP contribution in [0, 0.1) is 15.9 Å². The molecule has 1 aromatic heterocycles. The number of carbonyl (C=O) groups excluding carboxylic acids is 2. The number of amides is 2. The molecule has 0 radical (unpaired) electrons. The molecule has 0 fully saturated rings. The predicted octanol–water partition coefficient (Wildman–Crippen LogP) is 2.90. The summed E-state index contributed by atoms with van der Waals surface area (Å²) in [5.74, 6) is -1.97. The van der Waals surface area contributed by atoms with Gasteiger partial charge < -0.3 is 15.6 Å². The number of H-pyrrole nitrogens is 1. The molecule has 144 valence electrons. The molecule has 1 heterocycles. The van der Waals surface area contributed by atoms with Gasteiger partial charge >= 0.3 is 5.69 Å². The van der Waals surface area contributed by atoms with Crippen molar-refractivity contribution in [1.29, 1.82) is 0 Å². The van der Waals surface area contributed by atoms with E-state index in [0.717, 1.165) is 28.6 Å². The standard InChI is InChI=1S/C19H17FN4O4/c1-11(25)22-17(8-12-10-21-16-5-3-2-4-14(12)16)19(26)23-13-6-7-15(20)18(9-13)24(27)28/h2-7,9-10,17,21H,8H2,1H3,(H,22,25)(H,23,26)/t17-/m0/s1. The highest BCUT2D eigenvalue weighted by Gasteiger charge is 2.23. The zero-order valence-electron chi connectivity index (χ0n) is 14.9. The summed E-state index contributed by atoms with van der Waals surface area (Å²) in [4.78, 5) is 37.3. The molecule has 28 heavy (non-hydrogen) atoms. The van der Waals surface area contributed by atoms with Crippen molar-refractivity contribution < 1.29 is 18.9 Å². The van der Waals surface area contributed by atoms with Crippen LogP contribution in [-0.4, -0.2) is 27.8 Å². The van der Waals surface area contributed by atoms with Crippen molar-refractivity contribution in [3.63, 3.8) is 0 Å². The summed E-state index contributed by atoms with van der Waals surface area (Å²) in [6, 6.07) is 9.67. The predicted molar refractivity (Wildman–Crippen MR) is 101 cm³/mol. The molecule has 3 aromatic rings. The molecule has 1 atom stereocenters. The number of aromatic amines is 1. The number of aromatic nitrogens is 1. The minimum absolute atomic E-state index is 0.0624. The summed E-state index contributed by atoms with van der Waals surface area (Å²) < 4.78 is 13.5. The molecule has 0 saturated heterocycles. The van der Waals surface area contributed by atoms with Gasteiger partial charge in [0.25, 0.3) is 0 Å². The van der Waals surface area contributed by atoms with E-state index in [2.05, 4.69) is 15.6 Å². The van der Waals surface area contributed by atoms with Gasteiger partial charge in [0, 0.05) is 42.2 Å². The molecular formula is C19H17FN4O4. The number of hydrogen-bond acceptors (Lipinski definition) is 4. The van der Waals surface area contributed by atoms with Gasteiger partial charge in [0.15, 0.2) is 0 Å². The minimum Gasteiger partial charge on any atom is -0.361 e. The molecule has 0 unspecified atom stereocenters. The Labute approximate surface area is 158 Å². The third kappa shape index (κ3) is 4.14. The summed E-state index contributed by atoms with van der Waals surface area (Å²) in [7, 11) is 0. The molecular weight excluding hydrogens is 367 g/mol. The molecule has 0 aliphatic heterocycles. The number of para-hydroxylation sites is 1. The van der Waals surface area contributed by atoms with Gasteiger partial charge in [-0.2, -0.15) is 4.39 Å². The lowest BCUT2D eigenvalue weighted by Gasteiger charge is -2.17. The summed E-state index contributed by atoms with van der Waals surface area (Å²) in [5.41, 5.74) is 1.04. The lowest BCUT2D eigenvalue weighted by molar-refractivity contribution is -0.387. The van der Waals surface area contributed by atoms with E-state index < -0.39 is 34.3 Å². The van der Waals surface area contributed by atoms with E-state index in [9.17, 15) is 24.1 Å². The van der Waals surface area contributed by atoms with Gasteiger partial charge in [0.2, 0.25) is 17.6 Å². The topological polar surface area (TPSA) is 117 Å². The largest absolute Gasteiger partial charge is 0.361 e. The van der Waals surface area contributed by atoms with E-state index in [1.165, 1.54) is 13.0 Å². The highest BCUT2D eigenvalue weighted by Crippen LogP contribution is 2.23. The van der Waals surface area contributed by atoms with Gasteiger partial charge in [0.05, 0.1) is 4.92 Å². The Bertz CT molecular complexity index is 1060. The zero-order chi connectivity index (χ0) is 20.3. The molecule has 2 aromatic carbocycles. The second kappa shape index (κ2) is 7.87. The first-order chi connectivity index (χ1) is 13.3. The average Bonchev–Trinajstić information content (AvgIpc) is 3.05. The number of rotatable bonds is 6. The Kier molecular flexibility index (Phi) is 5.35. The summed E-state index contributed by atoms with van der Waals surface area (Å²) in [6.45, 7) is 1.29. The minimum atomic E-state index is -1.000. The van der Waals surface area contributed by atoms with E-state index >= 15 is 0 Å². The Morgan fingerprint density at radius 3 is 2.71 bits per heavy atom. The van der Waals surface area contributed by atoms with Crippen LogP contribution in [0.25, 0.3) is 10.9 Å². The number of carbonyl (C=O) groups is 2. The lowest BCUT2D eigenvalue weighted by Crippen LogP contribution is -2.44. The van der Waals surface area contributed by atoms with E-state index in [-0.39, 0.29) is 12.1 Å². The van der Waals surface area contributed by atoms with E-state index in [1.54, 1.807) is 6.20 Å². The van der Waals surface area contributed by atoms with Crippen LogP contribution in [0.2, 0.25) is 0 Å². The van der Waals surface area contributed by atoms with Crippen molar-refractivity contribution in [3.8, 4) is 0 Å². The summed E-state index contributed by atoms with van der Waals surface area (Å²) in [6.07, 6.45) is 1.97. The van der Waals surface area contributed by atoms with Crippen molar-refractivity contribution in [2.24, 2.45) is 0 Å². The second-order valence-corrected chi connectivity index (χ2v) is 6.23. The Hall–Kier alpha value is -3.75. The fourth-order valence-corrected chi connectivity index (χ4v) is 2.93. The number of halogens is 1. The normalized spacial score (nSPS) is 11.8. The maximum absolute atomic E-state index is 13.5. The third-order valence-electron chi connectivity index (χ3n) is 4.20. The van der Waals surface area contributed by atoms with Crippen molar-refractivity contribution in [2.75, 3.05) is 5.32 Å². The Morgan fingerprint density at radius 2 is 2.00 bits per heavy atom. The van der Waals surface area contributed by atoms with Crippen LogP contribution in [0.5, 0.6) is 0 Å². The quantitative estimate of drug-likeness (QED) is 0.447. The molecule has 3 N–H and O–H groups in total. The number of fused-ring (bicyclic) bond motifs is 1. The van der Waals surface area contributed by atoms with Crippen LogP contribution < -0.4 is 10.6 Å². The van der Waals surface area contributed by atoms with Crippen LogP contribution in [-0.2, 0) is 16.0 Å². The fraction of sp³-hybridized carbons (Fsp3) is 0.158. The summed E-state index contributed by atoms with van der Waals surface area (Å²) in [5, 5.41) is 16.9. The maximum Gasteiger partial charge on any atom is 0.306 e. The lowest BCUT2D eigenvalue weighted by atomic mass is 10.0. The van der Waals surface area contributed by atoms with E-state index in [1.807, 2.05) is 24.3 Å². The molecule has 9 heteroatoms. The van der Waals surface area contributed by atoms with Crippen LogP contribution in [0.15, 0.2) is 48.7 Å². The Balaban J connectivity index is 1.83. The number of nitrogens with zero attached hydrogens (tertiary/aromatic N) is 1. The van der Waals surface area contributed by atoms with Crippen molar-refractivity contribution in [3.05, 3.63) is 70.2 Å².